The van der Waals surface area contributed by atoms with Gasteiger partial charge in [0, 0.05) is 12.4 Å². The van der Waals surface area contributed by atoms with Crippen molar-refractivity contribution in [3.63, 3.8) is 0 Å². The fourth-order valence-electron chi connectivity index (χ4n) is 1.97. The fourth-order valence-corrected chi connectivity index (χ4v) is 2.27. The van der Waals surface area contributed by atoms with Gasteiger partial charge in [-0.3, -0.25) is 14.7 Å². The van der Waals surface area contributed by atoms with Crippen LogP contribution in [0.5, 0.6) is 0 Å². The molecule has 1 aliphatic rings. The van der Waals surface area contributed by atoms with E-state index in [0.717, 1.165) is 11.3 Å². The van der Waals surface area contributed by atoms with E-state index in [1.54, 1.807) is 18.5 Å². The third-order valence-corrected chi connectivity index (χ3v) is 3.19. The Balaban J connectivity index is 1.93. The van der Waals surface area contributed by atoms with Crippen molar-refractivity contribution in [3.05, 3.63) is 66.1 Å². The van der Waals surface area contributed by atoms with Crippen LogP contribution < -0.4 is 10.2 Å². The zero-order chi connectivity index (χ0) is 13.9. The number of carbonyl (C=O) groups excluding carboxylic acids is 1. The molecule has 0 spiro atoms. The lowest BCUT2D eigenvalue weighted by atomic mass is 10.2. The van der Waals surface area contributed by atoms with E-state index in [9.17, 15) is 4.79 Å². The number of hydrogen-bond acceptors (Lipinski definition) is 3. The SMILES string of the molecule is O=C1/C(=C/c2ccncc2)NC(=S)N1c1ccccc1. The summed E-state index contributed by atoms with van der Waals surface area (Å²) in [6.45, 7) is 0. The highest BCUT2D eigenvalue weighted by molar-refractivity contribution is 7.80. The number of amides is 1. The molecule has 1 N–H and O–H groups in total. The van der Waals surface area contributed by atoms with Crippen molar-refractivity contribution in [2.24, 2.45) is 0 Å². The first-order valence-electron chi connectivity index (χ1n) is 6.08. The fraction of sp³-hybridized carbons (Fsp3) is 0. The van der Waals surface area contributed by atoms with Gasteiger partial charge in [0.2, 0.25) is 0 Å². The van der Waals surface area contributed by atoms with E-state index in [4.69, 9.17) is 12.2 Å². The predicted molar refractivity (Wildman–Crippen MR) is 81.9 cm³/mol. The number of thiocarbonyl (C=S) groups is 1. The van der Waals surface area contributed by atoms with E-state index in [1.165, 1.54) is 4.90 Å². The summed E-state index contributed by atoms with van der Waals surface area (Å²) >= 11 is 5.23. The molecule has 5 heteroatoms. The number of anilines is 1. The number of rotatable bonds is 2. The van der Waals surface area contributed by atoms with E-state index in [0.29, 0.717) is 10.8 Å². The van der Waals surface area contributed by atoms with Crippen LogP contribution in [0.3, 0.4) is 0 Å². The smallest absolute Gasteiger partial charge is 0.281 e. The van der Waals surface area contributed by atoms with Gasteiger partial charge in [-0.2, -0.15) is 0 Å². The maximum absolute atomic E-state index is 12.4. The third-order valence-electron chi connectivity index (χ3n) is 2.91. The number of nitrogens with zero attached hydrogens (tertiary/aromatic N) is 2. The Morgan fingerprint density at radius 1 is 1.10 bits per heavy atom. The molecule has 2 heterocycles. The number of hydrogen-bond donors (Lipinski definition) is 1. The van der Waals surface area contributed by atoms with Crippen LogP contribution in [0.15, 0.2) is 60.6 Å². The Labute approximate surface area is 121 Å². The van der Waals surface area contributed by atoms with Crippen molar-refractivity contribution < 1.29 is 4.79 Å². The molecule has 1 saturated heterocycles. The summed E-state index contributed by atoms with van der Waals surface area (Å²) in [5, 5.41) is 3.34. The molecule has 4 nitrogen and oxygen atoms in total. The molecule has 20 heavy (non-hydrogen) atoms. The molecular formula is C15H11N3OS. The van der Waals surface area contributed by atoms with Gasteiger partial charge in [-0.15, -0.1) is 0 Å². The Kier molecular flexibility index (Phi) is 3.26. The van der Waals surface area contributed by atoms with Crippen LogP contribution in [0.1, 0.15) is 5.56 Å². The van der Waals surface area contributed by atoms with Crippen LogP contribution in [0, 0.1) is 0 Å². The van der Waals surface area contributed by atoms with Crippen LogP contribution in [0.2, 0.25) is 0 Å². The second-order valence-electron chi connectivity index (χ2n) is 4.24. The molecule has 0 bridgehead atoms. The van der Waals surface area contributed by atoms with Crippen LogP contribution >= 0.6 is 12.2 Å². The number of aromatic nitrogens is 1. The highest BCUT2D eigenvalue weighted by atomic mass is 32.1. The molecule has 0 atom stereocenters. The van der Waals surface area contributed by atoms with E-state index in [-0.39, 0.29) is 5.91 Å². The molecular weight excluding hydrogens is 270 g/mol. The van der Waals surface area contributed by atoms with Crippen molar-refractivity contribution in [2.45, 2.75) is 0 Å². The summed E-state index contributed by atoms with van der Waals surface area (Å²) < 4.78 is 0. The van der Waals surface area contributed by atoms with Gasteiger partial charge in [0.1, 0.15) is 5.70 Å². The monoisotopic (exact) mass is 281 g/mol. The third kappa shape index (κ3) is 2.31. The Bertz CT molecular complexity index is 683. The van der Waals surface area contributed by atoms with Crippen molar-refractivity contribution in [1.82, 2.24) is 10.3 Å². The maximum Gasteiger partial charge on any atom is 0.281 e. The second kappa shape index (κ2) is 5.22. The maximum atomic E-state index is 12.4. The minimum atomic E-state index is -0.155. The molecule has 0 radical (unpaired) electrons. The standard InChI is InChI=1S/C15H11N3OS/c19-14-13(10-11-6-8-16-9-7-11)17-15(20)18(14)12-4-2-1-3-5-12/h1-10H,(H,17,20)/b13-10-. The molecule has 1 amide bonds. The largest absolute Gasteiger partial charge is 0.327 e. The summed E-state index contributed by atoms with van der Waals surface area (Å²) in [6.07, 6.45) is 5.12. The normalized spacial score (nSPS) is 16.6. The van der Waals surface area contributed by atoms with Gasteiger partial charge in [-0.25, -0.2) is 0 Å². The zero-order valence-electron chi connectivity index (χ0n) is 10.5. The number of carbonyl (C=O) groups is 1. The van der Waals surface area contributed by atoms with E-state index in [1.807, 2.05) is 42.5 Å². The first-order chi connectivity index (χ1) is 9.75. The molecule has 0 saturated carbocycles. The molecule has 1 fully saturated rings. The second-order valence-corrected chi connectivity index (χ2v) is 4.63. The van der Waals surface area contributed by atoms with Crippen LogP contribution in [0.25, 0.3) is 6.08 Å². The van der Waals surface area contributed by atoms with Gasteiger partial charge in [-0.05, 0) is 48.1 Å². The van der Waals surface area contributed by atoms with Gasteiger partial charge in [0.25, 0.3) is 5.91 Å². The van der Waals surface area contributed by atoms with E-state index >= 15 is 0 Å². The number of nitrogens with one attached hydrogen (secondary N) is 1. The quantitative estimate of drug-likeness (QED) is 0.678. The van der Waals surface area contributed by atoms with Crippen molar-refractivity contribution in [3.8, 4) is 0 Å². The number of pyridine rings is 1. The average molecular weight is 281 g/mol. The van der Waals surface area contributed by atoms with Gasteiger partial charge in [-0.1, -0.05) is 18.2 Å². The van der Waals surface area contributed by atoms with Crippen molar-refractivity contribution in [1.29, 1.82) is 0 Å². The summed E-state index contributed by atoms with van der Waals surface area (Å²) in [5.41, 5.74) is 2.12. The Morgan fingerprint density at radius 3 is 2.50 bits per heavy atom. The lowest BCUT2D eigenvalue weighted by Crippen LogP contribution is -2.30. The lowest BCUT2D eigenvalue weighted by Gasteiger charge is -2.13. The molecule has 1 aromatic carbocycles. The van der Waals surface area contributed by atoms with Gasteiger partial charge < -0.3 is 5.32 Å². The molecule has 0 unspecified atom stereocenters. The average Bonchev–Trinajstić information content (AvgIpc) is 2.75. The van der Waals surface area contributed by atoms with Crippen LogP contribution in [0.4, 0.5) is 5.69 Å². The number of benzene rings is 1. The highest BCUT2D eigenvalue weighted by Gasteiger charge is 2.31. The first-order valence-corrected chi connectivity index (χ1v) is 6.49. The molecule has 2 aromatic rings. The molecule has 1 aromatic heterocycles. The summed E-state index contributed by atoms with van der Waals surface area (Å²) in [5.74, 6) is -0.155. The molecule has 1 aliphatic heterocycles. The molecule has 98 valence electrons. The predicted octanol–water partition coefficient (Wildman–Crippen LogP) is 2.34. The zero-order valence-corrected chi connectivity index (χ0v) is 11.3. The van der Waals surface area contributed by atoms with Crippen molar-refractivity contribution >= 4 is 35.0 Å². The minimum Gasteiger partial charge on any atom is -0.327 e. The summed E-state index contributed by atoms with van der Waals surface area (Å²) in [7, 11) is 0. The van der Waals surface area contributed by atoms with Crippen LogP contribution in [-0.4, -0.2) is 16.0 Å². The van der Waals surface area contributed by atoms with Crippen molar-refractivity contribution in [2.75, 3.05) is 4.90 Å². The van der Waals surface area contributed by atoms with Gasteiger partial charge >= 0.3 is 0 Å². The number of para-hydroxylation sites is 1. The Hall–Kier alpha value is -2.53. The van der Waals surface area contributed by atoms with E-state index in [2.05, 4.69) is 10.3 Å². The summed E-state index contributed by atoms with van der Waals surface area (Å²) in [4.78, 5) is 17.8. The minimum absolute atomic E-state index is 0.155. The van der Waals surface area contributed by atoms with E-state index < -0.39 is 0 Å². The molecule has 3 rings (SSSR count). The van der Waals surface area contributed by atoms with Crippen LogP contribution in [-0.2, 0) is 4.79 Å². The van der Waals surface area contributed by atoms with Gasteiger partial charge in [0.05, 0.1) is 5.69 Å². The topological polar surface area (TPSA) is 45.2 Å². The highest BCUT2D eigenvalue weighted by Crippen LogP contribution is 2.21. The Morgan fingerprint density at radius 2 is 1.80 bits per heavy atom. The first kappa shape index (κ1) is 12.5. The van der Waals surface area contributed by atoms with Gasteiger partial charge in [0.15, 0.2) is 5.11 Å². The molecule has 0 aliphatic carbocycles. The summed E-state index contributed by atoms with van der Waals surface area (Å²) in [6, 6.07) is 13.0. The lowest BCUT2D eigenvalue weighted by molar-refractivity contribution is -0.113.